The van der Waals surface area contributed by atoms with E-state index in [9.17, 15) is 9.90 Å². The quantitative estimate of drug-likeness (QED) is 0.448. The Morgan fingerprint density at radius 1 is 1.35 bits per heavy atom. The summed E-state index contributed by atoms with van der Waals surface area (Å²) in [5.41, 5.74) is 10.5. The van der Waals surface area contributed by atoms with Gasteiger partial charge in [-0.05, 0) is 38.0 Å². The van der Waals surface area contributed by atoms with Crippen LogP contribution in [-0.4, -0.2) is 30.9 Å². The number of amides is 1. The number of rotatable bonds is 3. The summed E-state index contributed by atoms with van der Waals surface area (Å²) in [7, 11) is 0. The Labute approximate surface area is 148 Å². The monoisotopic (exact) mass is 352 g/mol. The first-order valence-electron chi connectivity index (χ1n) is 7.57. The molecule has 0 aliphatic rings. The fourth-order valence-corrected chi connectivity index (χ4v) is 2.22. The maximum absolute atomic E-state index is 11.3. The molecule has 1 atom stereocenters. The second-order valence-corrected chi connectivity index (χ2v) is 5.69. The number of aromatic nitrogens is 4. The average molecular weight is 352 g/mol. The number of hydrogen-bond acceptors (Lipinski definition) is 7. The van der Waals surface area contributed by atoms with Crippen molar-refractivity contribution >= 4 is 5.91 Å². The molecule has 9 nitrogen and oxygen atoms in total. The summed E-state index contributed by atoms with van der Waals surface area (Å²) >= 11 is 0. The van der Waals surface area contributed by atoms with Gasteiger partial charge < -0.3 is 15.4 Å². The van der Waals surface area contributed by atoms with Crippen molar-refractivity contribution in [3.05, 3.63) is 58.9 Å². The minimum Gasteiger partial charge on any atom is -0.364 e. The van der Waals surface area contributed by atoms with Crippen molar-refractivity contribution in [2.75, 3.05) is 0 Å². The zero-order chi connectivity index (χ0) is 18.9. The Morgan fingerprint density at radius 3 is 2.73 bits per heavy atom. The molecule has 0 radical (unpaired) electrons. The van der Waals surface area contributed by atoms with Crippen LogP contribution in [0.2, 0.25) is 0 Å². The van der Waals surface area contributed by atoms with Crippen molar-refractivity contribution in [2.24, 2.45) is 11.5 Å². The molecule has 3 rings (SSSR count). The first kappa shape index (κ1) is 17.3. The molecule has 5 N–H and O–H groups in total. The highest BCUT2D eigenvalue weighted by atomic mass is 16.5. The van der Waals surface area contributed by atoms with Gasteiger partial charge in [0, 0.05) is 23.5 Å². The Balaban J connectivity index is 1.93. The summed E-state index contributed by atoms with van der Waals surface area (Å²) in [5.74, 6) is 5.65. The molecule has 0 aliphatic heterocycles. The van der Waals surface area contributed by atoms with Gasteiger partial charge in [0.2, 0.25) is 5.72 Å². The summed E-state index contributed by atoms with van der Waals surface area (Å²) in [6.07, 6.45) is 1.53. The number of carbonyl (C=O) groups is 1. The highest BCUT2D eigenvalue weighted by Gasteiger charge is 2.25. The second kappa shape index (κ2) is 6.44. The maximum Gasteiger partial charge on any atom is 0.269 e. The molecule has 3 heterocycles. The van der Waals surface area contributed by atoms with Crippen LogP contribution in [0.3, 0.4) is 0 Å². The van der Waals surface area contributed by atoms with E-state index in [2.05, 4.69) is 27.1 Å². The van der Waals surface area contributed by atoms with Gasteiger partial charge >= 0.3 is 0 Å². The van der Waals surface area contributed by atoms with Crippen molar-refractivity contribution in [3.63, 3.8) is 0 Å². The van der Waals surface area contributed by atoms with Crippen molar-refractivity contribution in [1.29, 1.82) is 0 Å². The van der Waals surface area contributed by atoms with E-state index < -0.39 is 11.6 Å². The van der Waals surface area contributed by atoms with E-state index in [0.29, 0.717) is 22.8 Å². The zero-order valence-corrected chi connectivity index (χ0v) is 14.1. The average Bonchev–Trinajstić information content (AvgIpc) is 3.20. The summed E-state index contributed by atoms with van der Waals surface area (Å²) in [6, 6.07) is 6.36. The van der Waals surface area contributed by atoms with Gasteiger partial charge in [0.05, 0.1) is 0 Å². The van der Waals surface area contributed by atoms with Gasteiger partial charge in [-0.25, -0.2) is 9.67 Å². The molecule has 132 valence electrons. The zero-order valence-electron chi connectivity index (χ0n) is 14.1. The van der Waals surface area contributed by atoms with Crippen molar-refractivity contribution < 1.29 is 14.4 Å². The van der Waals surface area contributed by atoms with Crippen LogP contribution in [0.15, 0.2) is 35.0 Å². The molecule has 3 aromatic rings. The fraction of sp³-hybridized carbons (Fsp3) is 0.176. The Bertz CT molecular complexity index is 1040. The molecule has 1 amide bonds. The topological polar surface area (TPSA) is 146 Å². The Kier molecular flexibility index (Phi) is 4.29. The van der Waals surface area contributed by atoms with Crippen LogP contribution in [0.1, 0.15) is 33.2 Å². The van der Waals surface area contributed by atoms with E-state index in [-0.39, 0.29) is 11.4 Å². The van der Waals surface area contributed by atoms with Crippen LogP contribution in [0.25, 0.3) is 5.82 Å². The largest absolute Gasteiger partial charge is 0.364 e. The van der Waals surface area contributed by atoms with Gasteiger partial charge in [-0.1, -0.05) is 11.1 Å². The maximum atomic E-state index is 11.3. The lowest BCUT2D eigenvalue weighted by Gasteiger charge is -2.11. The van der Waals surface area contributed by atoms with Gasteiger partial charge in [0.15, 0.2) is 11.5 Å². The number of aliphatic hydroxyl groups is 1. The molecule has 9 heteroatoms. The van der Waals surface area contributed by atoms with Crippen LogP contribution in [0, 0.1) is 25.7 Å². The van der Waals surface area contributed by atoms with E-state index >= 15 is 0 Å². The Hall–Kier alpha value is -3.48. The number of aryl methyl sites for hydroxylation is 2. The van der Waals surface area contributed by atoms with E-state index in [4.69, 9.17) is 16.0 Å². The third-order valence-electron chi connectivity index (χ3n) is 3.52. The van der Waals surface area contributed by atoms with Crippen molar-refractivity contribution in [2.45, 2.75) is 19.6 Å². The number of nitrogens with two attached hydrogens (primary N) is 2. The molecule has 0 spiro atoms. The molecule has 0 unspecified atom stereocenters. The second-order valence-electron chi connectivity index (χ2n) is 5.69. The van der Waals surface area contributed by atoms with Crippen LogP contribution < -0.4 is 11.5 Å². The summed E-state index contributed by atoms with van der Waals surface area (Å²) < 4.78 is 6.37. The number of primary amides is 1. The smallest absolute Gasteiger partial charge is 0.269 e. The van der Waals surface area contributed by atoms with Gasteiger partial charge in [0.1, 0.15) is 11.5 Å². The van der Waals surface area contributed by atoms with Gasteiger partial charge in [-0.2, -0.15) is 5.10 Å². The highest BCUT2D eigenvalue weighted by Crippen LogP contribution is 2.15. The molecule has 0 fully saturated rings. The van der Waals surface area contributed by atoms with E-state index in [0.717, 1.165) is 0 Å². The minimum absolute atomic E-state index is 0.116. The number of hydrogen-bond donors (Lipinski definition) is 3. The van der Waals surface area contributed by atoms with Crippen LogP contribution in [0.4, 0.5) is 0 Å². The molecular weight excluding hydrogens is 336 g/mol. The minimum atomic E-state index is -1.96. The van der Waals surface area contributed by atoms with Crippen molar-refractivity contribution in [3.8, 4) is 17.7 Å². The number of nitrogens with zero attached hydrogens (tertiary/aromatic N) is 4. The summed E-state index contributed by atoms with van der Waals surface area (Å²) in [6.45, 7) is 3.45. The molecule has 3 aromatic heterocycles. The fourth-order valence-electron chi connectivity index (χ4n) is 2.22. The first-order chi connectivity index (χ1) is 12.3. The molecular formula is C17H16N6O3. The first-order valence-corrected chi connectivity index (χ1v) is 7.57. The molecule has 26 heavy (non-hydrogen) atoms. The van der Waals surface area contributed by atoms with Gasteiger partial charge in [-0.3, -0.25) is 10.5 Å². The van der Waals surface area contributed by atoms with E-state index in [1.165, 1.54) is 16.9 Å². The summed E-state index contributed by atoms with van der Waals surface area (Å²) in [4.78, 5) is 15.5. The number of carbonyl (C=O) groups excluding carboxylic acids is 1. The van der Waals surface area contributed by atoms with Gasteiger partial charge in [-0.15, -0.1) is 0 Å². The van der Waals surface area contributed by atoms with E-state index in [1.54, 1.807) is 32.0 Å². The predicted octanol–water partition coefficient (Wildman–Crippen LogP) is 0.127. The standard InChI is InChI=1S/C17H16N6O3/c1-10-7-13(16(18)24)21-23(10)15-9-12(4-6-20-15)3-5-17(19,25)14-8-11(2)26-22-14/h4,6-9,25H,19H2,1-2H3,(H2,18,24)/t17-/m1/s1. The Morgan fingerprint density at radius 2 is 2.12 bits per heavy atom. The lowest BCUT2D eigenvalue weighted by molar-refractivity contribution is 0.0985. The lowest BCUT2D eigenvalue weighted by Crippen LogP contribution is -2.35. The number of pyridine rings is 1. The van der Waals surface area contributed by atoms with E-state index in [1.807, 2.05) is 0 Å². The van der Waals surface area contributed by atoms with Crippen LogP contribution in [-0.2, 0) is 5.72 Å². The predicted molar refractivity (Wildman–Crippen MR) is 90.8 cm³/mol. The lowest BCUT2D eigenvalue weighted by atomic mass is 10.1. The van der Waals surface area contributed by atoms with Crippen molar-refractivity contribution in [1.82, 2.24) is 19.9 Å². The molecule has 0 saturated carbocycles. The molecule has 0 bridgehead atoms. The van der Waals surface area contributed by atoms with Crippen LogP contribution in [0.5, 0.6) is 0 Å². The van der Waals surface area contributed by atoms with Crippen LogP contribution >= 0.6 is 0 Å². The summed E-state index contributed by atoms with van der Waals surface area (Å²) in [5, 5.41) is 18.0. The normalized spacial score (nSPS) is 12.9. The third kappa shape index (κ3) is 3.46. The SMILES string of the molecule is Cc1cc([C@](N)(O)C#Cc2ccnc(-n3nc(C(N)=O)cc3C)c2)no1. The van der Waals surface area contributed by atoms with Gasteiger partial charge in [0.25, 0.3) is 5.91 Å². The third-order valence-corrected chi connectivity index (χ3v) is 3.52. The molecule has 0 aromatic carbocycles. The highest BCUT2D eigenvalue weighted by molar-refractivity contribution is 5.90. The molecule has 0 aliphatic carbocycles. The molecule has 0 saturated heterocycles.